The van der Waals surface area contributed by atoms with E-state index in [1.54, 1.807) is 6.07 Å². The highest BCUT2D eigenvalue weighted by molar-refractivity contribution is 5.19. The standard InChI is InChI=1S/C15H21F2N/c1-2-3-11(10-18-14-6-7-14)8-12-4-5-13(16)9-15(12)17/h4-5,9,11,14,18H,2-3,6-8,10H2,1H3. The summed E-state index contributed by atoms with van der Waals surface area (Å²) < 4.78 is 26.4. The second kappa shape index (κ2) is 6.28. The van der Waals surface area contributed by atoms with E-state index in [-0.39, 0.29) is 0 Å². The van der Waals surface area contributed by atoms with E-state index >= 15 is 0 Å². The molecule has 0 saturated heterocycles. The highest BCUT2D eigenvalue weighted by atomic mass is 19.1. The highest BCUT2D eigenvalue weighted by Gasteiger charge is 2.22. The molecule has 0 heterocycles. The third-order valence-electron chi connectivity index (χ3n) is 3.49. The van der Waals surface area contributed by atoms with E-state index in [0.29, 0.717) is 23.9 Å². The molecule has 1 N–H and O–H groups in total. The molecule has 1 atom stereocenters. The first-order valence-corrected chi connectivity index (χ1v) is 6.86. The van der Waals surface area contributed by atoms with Gasteiger partial charge >= 0.3 is 0 Å². The second-order valence-corrected chi connectivity index (χ2v) is 5.28. The average Bonchev–Trinajstić information content (AvgIpc) is 3.13. The van der Waals surface area contributed by atoms with Crippen molar-refractivity contribution in [3.63, 3.8) is 0 Å². The summed E-state index contributed by atoms with van der Waals surface area (Å²) in [6.45, 7) is 3.08. The number of benzene rings is 1. The third-order valence-corrected chi connectivity index (χ3v) is 3.49. The van der Waals surface area contributed by atoms with E-state index in [1.807, 2.05) is 0 Å². The van der Waals surface area contributed by atoms with Crippen molar-refractivity contribution in [3.8, 4) is 0 Å². The molecule has 1 aromatic carbocycles. The predicted molar refractivity (Wildman–Crippen MR) is 69.5 cm³/mol. The summed E-state index contributed by atoms with van der Waals surface area (Å²) in [6, 6.07) is 4.58. The van der Waals surface area contributed by atoms with Gasteiger partial charge in [-0.3, -0.25) is 0 Å². The van der Waals surface area contributed by atoms with Crippen molar-refractivity contribution in [2.75, 3.05) is 6.54 Å². The Hall–Kier alpha value is -0.960. The van der Waals surface area contributed by atoms with Gasteiger partial charge in [-0.15, -0.1) is 0 Å². The quantitative estimate of drug-likeness (QED) is 0.781. The molecule has 3 heteroatoms. The fraction of sp³-hybridized carbons (Fsp3) is 0.600. The lowest BCUT2D eigenvalue weighted by molar-refractivity contribution is 0.429. The van der Waals surface area contributed by atoms with E-state index < -0.39 is 11.6 Å². The summed E-state index contributed by atoms with van der Waals surface area (Å²) in [7, 11) is 0. The largest absolute Gasteiger partial charge is 0.314 e. The van der Waals surface area contributed by atoms with Crippen LogP contribution in [0.3, 0.4) is 0 Å². The third kappa shape index (κ3) is 4.05. The van der Waals surface area contributed by atoms with Gasteiger partial charge in [-0.25, -0.2) is 8.78 Å². The smallest absolute Gasteiger partial charge is 0.129 e. The maximum absolute atomic E-state index is 13.6. The van der Waals surface area contributed by atoms with Gasteiger partial charge in [0.2, 0.25) is 0 Å². The molecule has 0 aliphatic heterocycles. The van der Waals surface area contributed by atoms with Crippen molar-refractivity contribution < 1.29 is 8.78 Å². The minimum Gasteiger partial charge on any atom is -0.314 e. The van der Waals surface area contributed by atoms with Crippen LogP contribution in [0.25, 0.3) is 0 Å². The van der Waals surface area contributed by atoms with E-state index in [0.717, 1.165) is 25.5 Å². The maximum Gasteiger partial charge on any atom is 0.129 e. The van der Waals surface area contributed by atoms with Crippen molar-refractivity contribution in [2.45, 2.75) is 45.1 Å². The van der Waals surface area contributed by atoms with Gasteiger partial charge < -0.3 is 5.32 Å². The van der Waals surface area contributed by atoms with Crippen LogP contribution in [-0.2, 0) is 6.42 Å². The van der Waals surface area contributed by atoms with Gasteiger partial charge in [-0.2, -0.15) is 0 Å². The normalized spacial score (nSPS) is 16.8. The zero-order valence-electron chi connectivity index (χ0n) is 10.9. The van der Waals surface area contributed by atoms with E-state index in [2.05, 4.69) is 12.2 Å². The predicted octanol–water partition coefficient (Wildman–Crippen LogP) is 3.68. The Morgan fingerprint density at radius 3 is 2.72 bits per heavy atom. The first kappa shape index (κ1) is 13.5. The highest BCUT2D eigenvalue weighted by Crippen LogP contribution is 2.21. The zero-order valence-corrected chi connectivity index (χ0v) is 10.9. The second-order valence-electron chi connectivity index (χ2n) is 5.28. The molecule has 1 saturated carbocycles. The number of hydrogen-bond acceptors (Lipinski definition) is 1. The molecule has 1 nitrogen and oxygen atoms in total. The summed E-state index contributed by atoms with van der Waals surface area (Å²) in [5, 5.41) is 3.50. The molecule has 100 valence electrons. The Labute approximate surface area is 108 Å². The van der Waals surface area contributed by atoms with Crippen LogP contribution in [0.1, 0.15) is 38.2 Å². The van der Waals surface area contributed by atoms with Crippen LogP contribution in [0.15, 0.2) is 18.2 Å². The SMILES string of the molecule is CCCC(CNC1CC1)Cc1ccc(F)cc1F. The Morgan fingerprint density at radius 2 is 2.11 bits per heavy atom. The van der Waals surface area contributed by atoms with Crippen molar-refractivity contribution >= 4 is 0 Å². The van der Waals surface area contributed by atoms with Crippen molar-refractivity contribution in [1.29, 1.82) is 0 Å². The van der Waals surface area contributed by atoms with Gasteiger partial charge in [0.05, 0.1) is 0 Å². The Kier molecular flexibility index (Phi) is 4.70. The minimum atomic E-state index is -0.501. The average molecular weight is 253 g/mol. The van der Waals surface area contributed by atoms with Crippen molar-refractivity contribution in [2.24, 2.45) is 5.92 Å². The number of halogens is 2. The molecule has 1 aliphatic rings. The van der Waals surface area contributed by atoms with Crippen LogP contribution in [0.5, 0.6) is 0 Å². The van der Waals surface area contributed by atoms with Gasteiger partial charge in [0.1, 0.15) is 11.6 Å². The van der Waals surface area contributed by atoms with Gasteiger partial charge in [0.25, 0.3) is 0 Å². The Bertz CT molecular complexity index is 388. The molecule has 1 aromatic rings. The van der Waals surface area contributed by atoms with Gasteiger partial charge in [0.15, 0.2) is 0 Å². The Balaban J connectivity index is 1.92. The molecular formula is C15H21F2N. The number of rotatable bonds is 7. The number of nitrogens with one attached hydrogen (secondary N) is 1. The molecule has 1 aliphatic carbocycles. The molecule has 0 aromatic heterocycles. The van der Waals surface area contributed by atoms with Crippen molar-refractivity contribution in [3.05, 3.63) is 35.4 Å². The monoisotopic (exact) mass is 253 g/mol. The lowest BCUT2D eigenvalue weighted by atomic mass is 9.94. The van der Waals surface area contributed by atoms with Crippen molar-refractivity contribution in [1.82, 2.24) is 5.32 Å². The molecule has 1 fully saturated rings. The zero-order chi connectivity index (χ0) is 13.0. The van der Waals surface area contributed by atoms with Crippen LogP contribution in [-0.4, -0.2) is 12.6 Å². The van der Waals surface area contributed by atoms with Gasteiger partial charge in [-0.1, -0.05) is 19.4 Å². The molecular weight excluding hydrogens is 232 g/mol. The molecule has 2 rings (SSSR count). The number of hydrogen-bond donors (Lipinski definition) is 1. The van der Waals surface area contributed by atoms with Crippen LogP contribution in [0.4, 0.5) is 8.78 Å². The van der Waals surface area contributed by atoms with Crippen LogP contribution >= 0.6 is 0 Å². The fourth-order valence-electron chi connectivity index (χ4n) is 2.30. The van der Waals surface area contributed by atoms with Crippen LogP contribution < -0.4 is 5.32 Å². The Morgan fingerprint density at radius 1 is 1.33 bits per heavy atom. The summed E-state index contributed by atoms with van der Waals surface area (Å²) in [5.41, 5.74) is 0.632. The topological polar surface area (TPSA) is 12.0 Å². The van der Waals surface area contributed by atoms with E-state index in [9.17, 15) is 8.78 Å². The first-order chi connectivity index (χ1) is 8.69. The summed E-state index contributed by atoms with van der Waals surface area (Å²) in [6.07, 6.45) is 5.41. The van der Waals surface area contributed by atoms with E-state index in [4.69, 9.17) is 0 Å². The minimum absolute atomic E-state index is 0.414. The van der Waals surface area contributed by atoms with Crippen LogP contribution in [0, 0.1) is 17.6 Å². The van der Waals surface area contributed by atoms with Gasteiger partial charge in [-0.05, 0) is 49.8 Å². The van der Waals surface area contributed by atoms with Crippen LogP contribution in [0.2, 0.25) is 0 Å². The van der Waals surface area contributed by atoms with E-state index in [1.165, 1.54) is 18.9 Å². The van der Waals surface area contributed by atoms with Gasteiger partial charge in [0, 0.05) is 12.1 Å². The fourth-order valence-corrected chi connectivity index (χ4v) is 2.30. The molecule has 0 amide bonds. The maximum atomic E-state index is 13.6. The molecule has 0 bridgehead atoms. The molecule has 1 unspecified atom stereocenters. The summed E-state index contributed by atoms with van der Waals surface area (Å²) in [5.74, 6) is -0.475. The molecule has 0 radical (unpaired) electrons. The lowest BCUT2D eigenvalue weighted by Crippen LogP contribution is -2.26. The first-order valence-electron chi connectivity index (χ1n) is 6.86. The summed E-state index contributed by atoms with van der Waals surface area (Å²) in [4.78, 5) is 0. The lowest BCUT2D eigenvalue weighted by Gasteiger charge is -2.17. The molecule has 18 heavy (non-hydrogen) atoms. The summed E-state index contributed by atoms with van der Waals surface area (Å²) >= 11 is 0. The molecule has 0 spiro atoms.